The first kappa shape index (κ1) is 16.6. The molecule has 0 aliphatic carbocycles. The average molecular weight is 374 g/mol. The van der Waals surface area contributed by atoms with Gasteiger partial charge in [0.25, 0.3) is 0 Å². The minimum absolute atomic E-state index is 0.119. The molecule has 0 spiro atoms. The molecule has 0 amide bonds. The third-order valence-corrected chi connectivity index (χ3v) is 6.51. The lowest BCUT2D eigenvalue weighted by Crippen LogP contribution is -2.16. The van der Waals surface area contributed by atoms with E-state index in [1.165, 1.54) is 0 Å². The van der Waals surface area contributed by atoms with Crippen molar-refractivity contribution in [2.45, 2.75) is 25.9 Å². The Morgan fingerprint density at radius 3 is 2.87 bits per heavy atom. The fraction of sp³-hybridized carbons (Fsp3) is 0.400. The Balaban J connectivity index is 1.80. The standard InChI is InChI=1S/C15H17Cl2N3O2S/c1-10-7-14(18-8-11-3-2-4-13(16)15(11)17)20(19-10)12-5-6-23(21,22)9-12/h2-4,7,12,18H,5-6,8-9H2,1H3/t12-/m1/s1. The summed E-state index contributed by atoms with van der Waals surface area (Å²) in [6.07, 6.45) is 0.593. The van der Waals surface area contributed by atoms with Crippen LogP contribution >= 0.6 is 23.2 Å². The molecule has 1 aliphatic rings. The molecule has 1 atom stereocenters. The maximum atomic E-state index is 11.7. The van der Waals surface area contributed by atoms with Gasteiger partial charge in [0.1, 0.15) is 5.82 Å². The van der Waals surface area contributed by atoms with Gasteiger partial charge in [0, 0.05) is 12.6 Å². The molecule has 2 aromatic rings. The van der Waals surface area contributed by atoms with E-state index in [-0.39, 0.29) is 17.5 Å². The first-order chi connectivity index (χ1) is 10.9. The van der Waals surface area contributed by atoms with Crippen LogP contribution in [0.4, 0.5) is 5.82 Å². The number of rotatable bonds is 4. The van der Waals surface area contributed by atoms with Crippen molar-refractivity contribution in [1.29, 1.82) is 0 Å². The summed E-state index contributed by atoms with van der Waals surface area (Å²) in [6, 6.07) is 7.27. The normalized spacial score (nSPS) is 19.9. The van der Waals surface area contributed by atoms with Crippen LogP contribution in [0.15, 0.2) is 24.3 Å². The number of aryl methyl sites for hydroxylation is 1. The Labute approximate surface area is 145 Å². The van der Waals surface area contributed by atoms with E-state index in [1.54, 1.807) is 10.7 Å². The third-order valence-electron chi connectivity index (χ3n) is 3.90. The van der Waals surface area contributed by atoms with Crippen molar-refractivity contribution in [1.82, 2.24) is 9.78 Å². The zero-order valence-electron chi connectivity index (χ0n) is 12.6. The van der Waals surface area contributed by atoms with Crippen LogP contribution in [0.5, 0.6) is 0 Å². The van der Waals surface area contributed by atoms with E-state index in [9.17, 15) is 8.42 Å². The first-order valence-corrected chi connectivity index (χ1v) is 9.87. The molecule has 23 heavy (non-hydrogen) atoms. The van der Waals surface area contributed by atoms with Crippen LogP contribution < -0.4 is 5.32 Å². The molecule has 0 unspecified atom stereocenters. The fourth-order valence-electron chi connectivity index (χ4n) is 2.77. The van der Waals surface area contributed by atoms with E-state index in [4.69, 9.17) is 23.2 Å². The maximum Gasteiger partial charge on any atom is 0.152 e. The van der Waals surface area contributed by atoms with E-state index < -0.39 is 9.84 Å². The van der Waals surface area contributed by atoms with Crippen molar-refractivity contribution < 1.29 is 8.42 Å². The predicted octanol–water partition coefficient (Wildman–Crippen LogP) is 3.47. The Bertz CT molecular complexity index is 833. The highest BCUT2D eigenvalue weighted by Crippen LogP contribution is 2.29. The van der Waals surface area contributed by atoms with Crippen LogP contribution in [0.3, 0.4) is 0 Å². The quantitative estimate of drug-likeness (QED) is 0.890. The molecular weight excluding hydrogens is 357 g/mol. The average Bonchev–Trinajstić information content (AvgIpc) is 3.03. The summed E-state index contributed by atoms with van der Waals surface area (Å²) in [4.78, 5) is 0. The smallest absolute Gasteiger partial charge is 0.152 e. The van der Waals surface area contributed by atoms with E-state index in [2.05, 4.69) is 10.4 Å². The Morgan fingerprint density at radius 1 is 1.39 bits per heavy atom. The molecule has 1 aromatic carbocycles. The highest BCUT2D eigenvalue weighted by atomic mass is 35.5. The van der Waals surface area contributed by atoms with Crippen LogP contribution in [0, 0.1) is 6.92 Å². The number of anilines is 1. The van der Waals surface area contributed by atoms with Crippen LogP contribution in [-0.2, 0) is 16.4 Å². The van der Waals surface area contributed by atoms with Gasteiger partial charge in [0.2, 0.25) is 0 Å². The molecule has 1 N–H and O–H groups in total. The minimum Gasteiger partial charge on any atom is -0.366 e. The Hall–Kier alpha value is -1.24. The van der Waals surface area contributed by atoms with E-state index in [0.29, 0.717) is 23.0 Å². The molecule has 2 heterocycles. The van der Waals surface area contributed by atoms with Crippen molar-refractivity contribution in [3.05, 3.63) is 45.6 Å². The van der Waals surface area contributed by atoms with Gasteiger partial charge < -0.3 is 5.32 Å². The maximum absolute atomic E-state index is 11.7. The van der Waals surface area contributed by atoms with Gasteiger partial charge in [-0.25, -0.2) is 13.1 Å². The number of hydrogen-bond donors (Lipinski definition) is 1. The van der Waals surface area contributed by atoms with E-state index in [1.807, 2.05) is 25.1 Å². The lowest BCUT2D eigenvalue weighted by atomic mass is 10.2. The second kappa shape index (κ2) is 6.34. The number of halogens is 2. The molecular formula is C15H17Cl2N3O2S. The third kappa shape index (κ3) is 3.65. The highest BCUT2D eigenvalue weighted by molar-refractivity contribution is 7.91. The van der Waals surface area contributed by atoms with Gasteiger partial charge >= 0.3 is 0 Å². The Morgan fingerprint density at radius 2 is 2.17 bits per heavy atom. The zero-order valence-corrected chi connectivity index (χ0v) is 14.9. The monoisotopic (exact) mass is 373 g/mol. The number of sulfone groups is 1. The Kier molecular flexibility index (Phi) is 4.58. The van der Waals surface area contributed by atoms with Crippen LogP contribution in [0.1, 0.15) is 23.7 Å². The van der Waals surface area contributed by atoms with Crippen LogP contribution in [-0.4, -0.2) is 29.7 Å². The summed E-state index contributed by atoms with van der Waals surface area (Å²) in [6.45, 7) is 2.38. The van der Waals surface area contributed by atoms with E-state index in [0.717, 1.165) is 17.1 Å². The molecule has 3 rings (SSSR count). The molecule has 1 aromatic heterocycles. The molecule has 5 nitrogen and oxygen atoms in total. The number of benzene rings is 1. The first-order valence-electron chi connectivity index (χ1n) is 7.29. The summed E-state index contributed by atoms with van der Waals surface area (Å²) in [5, 5.41) is 8.76. The number of nitrogens with zero attached hydrogens (tertiary/aromatic N) is 2. The lowest BCUT2D eigenvalue weighted by molar-refractivity contribution is 0.501. The molecule has 1 fully saturated rings. The van der Waals surface area contributed by atoms with Gasteiger partial charge in [-0.1, -0.05) is 35.3 Å². The van der Waals surface area contributed by atoms with Gasteiger partial charge in [0.15, 0.2) is 9.84 Å². The van der Waals surface area contributed by atoms with Gasteiger partial charge in [0.05, 0.1) is 33.3 Å². The molecule has 124 valence electrons. The summed E-state index contributed by atoms with van der Waals surface area (Å²) >= 11 is 12.2. The predicted molar refractivity (Wildman–Crippen MR) is 93.1 cm³/mol. The van der Waals surface area contributed by atoms with Crippen LogP contribution in [0.2, 0.25) is 10.0 Å². The van der Waals surface area contributed by atoms with E-state index >= 15 is 0 Å². The van der Waals surface area contributed by atoms with Crippen molar-refractivity contribution in [2.24, 2.45) is 0 Å². The fourth-order valence-corrected chi connectivity index (χ4v) is 4.84. The van der Waals surface area contributed by atoms with Gasteiger partial charge in [-0.3, -0.25) is 0 Å². The second-order valence-corrected chi connectivity index (χ2v) is 8.75. The number of aromatic nitrogens is 2. The van der Waals surface area contributed by atoms with Crippen molar-refractivity contribution in [2.75, 3.05) is 16.8 Å². The minimum atomic E-state index is -2.96. The molecule has 0 saturated carbocycles. The van der Waals surface area contributed by atoms with Crippen molar-refractivity contribution >= 4 is 38.9 Å². The van der Waals surface area contributed by atoms with Crippen LogP contribution in [0.25, 0.3) is 0 Å². The van der Waals surface area contributed by atoms with Gasteiger partial charge in [-0.2, -0.15) is 5.10 Å². The van der Waals surface area contributed by atoms with Gasteiger partial charge in [-0.15, -0.1) is 0 Å². The topological polar surface area (TPSA) is 64.0 Å². The molecule has 8 heteroatoms. The second-order valence-electron chi connectivity index (χ2n) is 5.74. The molecule has 1 aliphatic heterocycles. The number of hydrogen-bond acceptors (Lipinski definition) is 4. The summed E-state index contributed by atoms with van der Waals surface area (Å²) < 4.78 is 25.2. The van der Waals surface area contributed by atoms with Crippen molar-refractivity contribution in [3.8, 4) is 0 Å². The summed E-state index contributed by atoms with van der Waals surface area (Å²) in [5.74, 6) is 1.15. The van der Waals surface area contributed by atoms with Crippen molar-refractivity contribution in [3.63, 3.8) is 0 Å². The van der Waals surface area contributed by atoms with Gasteiger partial charge in [-0.05, 0) is 25.0 Å². The summed E-state index contributed by atoms with van der Waals surface area (Å²) in [5.41, 5.74) is 1.72. The lowest BCUT2D eigenvalue weighted by Gasteiger charge is -2.15. The molecule has 0 bridgehead atoms. The highest BCUT2D eigenvalue weighted by Gasteiger charge is 2.31. The molecule has 0 radical (unpaired) electrons. The largest absolute Gasteiger partial charge is 0.366 e. The zero-order chi connectivity index (χ0) is 16.6. The summed E-state index contributed by atoms with van der Waals surface area (Å²) in [7, 11) is -2.96. The number of nitrogens with one attached hydrogen (secondary N) is 1. The SMILES string of the molecule is Cc1cc(NCc2cccc(Cl)c2Cl)n([C@@H]2CCS(=O)(=O)C2)n1. The molecule has 1 saturated heterocycles.